The molecule has 0 spiro atoms. The van der Waals surface area contributed by atoms with Gasteiger partial charge in [0.25, 0.3) is 0 Å². The fraction of sp³-hybridized carbons (Fsp3) is 0.333. The predicted octanol–water partition coefficient (Wildman–Crippen LogP) is 1.16. The first-order valence-corrected chi connectivity index (χ1v) is 5.58. The molecule has 1 aromatic carbocycles. The predicted molar refractivity (Wildman–Crippen MR) is 59.9 cm³/mol. The van der Waals surface area contributed by atoms with Gasteiger partial charge in [-0.2, -0.15) is 13.2 Å². The highest BCUT2D eigenvalue weighted by atomic mass is 19.4. The van der Waals surface area contributed by atoms with Crippen molar-refractivity contribution < 1.29 is 22.8 Å². The monoisotopic (exact) mass is 272 g/mol. The number of nitrogens with zero attached hydrogens (tertiary/aromatic N) is 1. The lowest BCUT2D eigenvalue weighted by atomic mass is 10.1. The molecule has 1 aromatic rings. The second kappa shape index (κ2) is 5.00. The Morgan fingerprint density at radius 2 is 1.79 bits per heavy atom. The summed E-state index contributed by atoms with van der Waals surface area (Å²) in [4.78, 5) is 24.0. The smallest absolute Gasteiger partial charge is 0.300 e. The summed E-state index contributed by atoms with van der Waals surface area (Å²) in [6, 6.07) is 4.61. The molecule has 0 radical (unpaired) electrons. The average Bonchev–Trinajstić information content (AvgIpc) is 2.33. The maximum Gasteiger partial charge on any atom is 0.416 e. The molecule has 0 saturated carbocycles. The van der Waals surface area contributed by atoms with Crippen molar-refractivity contribution in [2.75, 3.05) is 13.1 Å². The zero-order valence-corrected chi connectivity index (χ0v) is 9.83. The molecule has 102 valence electrons. The molecule has 7 heteroatoms. The van der Waals surface area contributed by atoms with E-state index in [1.165, 1.54) is 12.1 Å². The van der Waals surface area contributed by atoms with Gasteiger partial charge in [0.05, 0.1) is 25.2 Å². The lowest BCUT2D eigenvalue weighted by molar-refractivity contribution is -0.147. The Labute approximate surface area is 107 Å². The van der Waals surface area contributed by atoms with Crippen molar-refractivity contribution in [2.45, 2.75) is 12.7 Å². The molecule has 19 heavy (non-hydrogen) atoms. The van der Waals surface area contributed by atoms with E-state index < -0.39 is 23.6 Å². The summed E-state index contributed by atoms with van der Waals surface area (Å²) in [5.41, 5.74) is -0.515. The Balaban J connectivity index is 2.19. The minimum Gasteiger partial charge on any atom is -0.300 e. The van der Waals surface area contributed by atoms with E-state index in [9.17, 15) is 22.8 Å². The van der Waals surface area contributed by atoms with Gasteiger partial charge in [0, 0.05) is 0 Å². The Hall–Kier alpha value is -1.89. The minimum atomic E-state index is -4.44. The second-order valence-electron chi connectivity index (χ2n) is 4.18. The summed E-state index contributed by atoms with van der Waals surface area (Å²) >= 11 is 0. The van der Waals surface area contributed by atoms with Crippen molar-refractivity contribution in [3.8, 4) is 0 Å². The second-order valence-corrected chi connectivity index (χ2v) is 4.18. The third-order valence-electron chi connectivity index (χ3n) is 2.75. The van der Waals surface area contributed by atoms with E-state index in [-0.39, 0.29) is 25.2 Å². The summed E-state index contributed by atoms with van der Waals surface area (Å²) in [7, 11) is 0. The number of carbonyl (C=O) groups is 2. The number of piperazine rings is 1. The number of rotatable bonds is 2. The van der Waals surface area contributed by atoms with Crippen molar-refractivity contribution in [1.29, 1.82) is 0 Å². The summed E-state index contributed by atoms with van der Waals surface area (Å²) in [5, 5.41) is 2.61. The van der Waals surface area contributed by atoms with Crippen molar-refractivity contribution in [3.63, 3.8) is 0 Å². The third kappa shape index (κ3) is 3.11. The van der Waals surface area contributed by atoms with E-state index in [0.717, 1.165) is 17.0 Å². The van der Waals surface area contributed by atoms with E-state index in [0.29, 0.717) is 0 Å². The molecule has 1 aliphatic rings. The molecule has 0 unspecified atom stereocenters. The van der Waals surface area contributed by atoms with Crippen molar-refractivity contribution in [1.82, 2.24) is 10.2 Å². The molecule has 2 amide bonds. The zero-order chi connectivity index (χ0) is 14.0. The van der Waals surface area contributed by atoms with Crippen LogP contribution in [0.2, 0.25) is 0 Å². The van der Waals surface area contributed by atoms with Gasteiger partial charge in [-0.1, -0.05) is 12.1 Å². The van der Waals surface area contributed by atoms with Crippen LogP contribution in [0.4, 0.5) is 13.2 Å². The van der Waals surface area contributed by atoms with Gasteiger partial charge in [0.15, 0.2) is 0 Å². The van der Waals surface area contributed by atoms with Gasteiger partial charge in [-0.15, -0.1) is 0 Å². The first-order valence-electron chi connectivity index (χ1n) is 5.58. The van der Waals surface area contributed by atoms with Crippen molar-refractivity contribution >= 4 is 11.8 Å². The molecular formula is C12H11F3N2O2. The Morgan fingerprint density at radius 3 is 2.37 bits per heavy atom. The summed E-state index contributed by atoms with van der Waals surface area (Å²) in [6.07, 6.45) is -4.44. The Bertz CT molecular complexity index is 498. The maximum atomic E-state index is 12.5. The Morgan fingerprint density at radius 1 is 1.16 bits per heavy atom. The lowest BCUT2D eigenvalue weighted by Crippen LogP contribution is -2.51. The first kappa shape index (κ1) is 13.5. The molecule has 0 aliphatic carbocycles. The number of carbonyl (C=O) groups excluding carboxylic acids is 2. The number of halogens is 3. The van der Waals surface area contributed by atoms with Crippen LogP contribution in [0.25, 0.3) is 0 Å². The molecular weight excluding hydrogens is 261 g/mol. The maximum absolute atomic E-state index is 12.5. The van der Waals surface area contributed by atoms with Gasteiger partial charge < -0.3 is 0 Å². The largest absolute Gasteiger partial charge is 0.416 e. The van der Waals surface area contributed by atoms with E-state index in [1.54, 1.807) is 0 Å². The highest BCUT2D eigenvalue weighted by Gasteiger charge is 2.31. The molecule has 1 saturated heterocycles. The van der Waals surface area contributed by atoms with E-state index in [4.69, 9.17) is 0 Å². The SMILES string of the molecule is O=C1CNCC(=O)N1Cc1cccc(C(F)(F)F)c1. The van der Waals surface area contributed by atoms with Gasteiger partial charge >= 0.3 is 6.18 Å². The molecule has 1 heterocycles. The number of nitrogens with one attached hydrogen (secondary N) is 1. The number of alkyl halides is 3. The average molecular weight is 272 g/mol. The first-order chi connectivity index (χ1) is 8.88. The molecule has 2 rings (SSSR count). The highest BCUT2D eigenvalue weighted by molar-refractivity contribution is 5.99. The topological polar surface area (TPSA) is 49.4 Å². The highest BCUT2D eigenvalue weighted by Crippen LogP contribution is 2.29. The molecule has 1 N–H and O–H groups in total. The molecule has 0 atom stereocenters. The molecule has 4 nitrogen and oxygen atoms in total. The van der Waals surface area contributed by atoms with Gasteiger partial charge in [0.2, 0.25) is 11.8 Å². The van der Waals surface area contributed by atoms with Gasteiger partial charge in [0.1, 0.15) is 0 Å². The van der Waals surface area contributed by atoms with Crippen LogP contribution in [0.3, 0.4) is 0 Å². The molecule has 1 fully saturated rings. The number of amides is 2. The van der Waals surface area contributed by atoms with Gasteiger partial charge in [-0.25, -0.2) is 0 Å². The van der Waals surface area contributed by atoms with Crippen LogP contribution in [-0.2, 0) is 22.3 Å². The lowest BCUT2D eigenvalue weighted by Gasteiger charge is -2.25. The normalized spacial score (nSPS) is 16.9. The van der Waals surface area contributed by atoms with E-state index in [1.807, 2.05) is 0 Å². The number of hydrogen-bond donors (Lipinski definition) is 1. The van der Waals surface area contributed by atoms with Crippen LogP contribution in [0.5, 0.6) is 0 Å². The number of imide groups is 1. The minimum absolute atomic E-state index is 0.0186. The fourth-order valence-electron chi connectivity index (χ4n) is 1.81. The van der Waals surface area contributed by atoms with Gasteiger partial charge in [-0.05, 0) is 17.7 Å². The fourth-order valence-corrected chi connectivity index (χ4v) is 1.81. The van der Waals surface area contributed by atoms with Crippen molar-refractivity contribution in [3.05, 3.63) is 35.4 Å². The standard InChI is InChI=1S/C12H11F3N2O2/c13-12(14,15)9-3-1-2-8(4-9)7-17-10(18)5-16-6-11(17)19/h1-4,16H,5-7H2. The number of benzene rings is 1. The molecule has 0 bridgehead atoms. The van der Waals surface area contributed by atoms with Crippen LogP contribution < -0.4 is 5.32 Å². The Kier molecular flexibility index (Phi) is 3.57. The van der Waals surface area contributed by atoms with Crippen LogP contribution in [0.1, 0.15) is 11.1 Å². The summed E-state index contributed by atoms with van der Waals surface area (Å²) in [6.45, 7) is -0.0985. The summed E-state index contributed by atoms with van der Waals surface area (Å²) in [5.74, 6) is -0.873. The van der Waals surface area contributed by atoms with Crippen LogP contribution in [0, 0.1) is 0 Å². The van der Waals surface area contributed by atoms with Crippen molar-refractivity contribution in [2.24, 2.45) is 0 Å². The van der Waals surface area contributed by atoms with Crippen LogP contribution in [-0.4, -0.2) is 29.8 Å². The number of hydrogen-bond acceptors (Lipinski definition) is 3. The van der Waals surface area contributed by atoms with Crippen LogP contribution >= 0.6 is 0 Å². The van der Waals surface area contributed by atoms with E-state index in [2.05, 4.69) is 5.32 Å². The van der Waals surface area contributed by atoms with Gasteiger partial charge in [-0.3, -0.25) is 19.8 Å². The zero-order valence-electron chi connectivity index (χ0n) is 9.83. The van der Waals surface area contributed by atoms with Crippen LogP contribution in [0.15, 0.2) is 24.3 Å². The van der Waals surface area contributed by atoms with E-state index >= 15 is 0 Å². The molecule has 0 aromatic heterocycles. The summed E-state index contributed by atoms with van der Waals surface area (Å²) < 4.78 is 37.6. The third-order valence-corrected chi connectivity index (χ3v) is 2.75. The quantitative estimate of drug-likeness (QED) is 0.822. The molecule has 1 aliphatic heterocycles.